The zero-order valence-electron chi connectivity index (χ0n) is 10.8. The second-order valence-corrected chi connectivity index (χ2v) is 8.02. The lowest BCUT2D eigenvalue weighted by Crippen LogP contribution is -2.43. The molecule has 0 amide bonds. The van der Waals surface area contributed by atoms with Crippen molar-refractivity contribution in [3.63, 3.8) is 0 Å². The summed E-state index contributed by atoms with van der Waals surface area (Å²) < 4.78 is 26.5. The van der Waals surface area contributed by atoms with Crippen LogP contribution >= 0.6 is 0 Å². The minimum atomic E-state index is -3.10. The molecule has 100 valence electrons. The van der Waals surface area contributed by atoms with Crippen LogP contribution in [-0.4, -0.2) is 33.3 Å². The van der Waals surface area contributed by atoms with Crippen LogP contribution in [0.2, 0.25) is 0 Å². The number of nitrogens with one attached hydrogen (secondary N) is 2. The second-order valence-electron chi connectivity index (χ2n) is 6.17. The van der Waals surface area contributed by atoms with Crippen LogP contribution < -0.4 is 10.0 Å². The van der Waals surface area contributed by atoms with Crippen LogP contribution in [0.3, 0.4) is 0 Å². The van der Waals surface area contributed by atoms with E-state index in [1.807, 2.05) is 0 Å². The van der Waals surface area contributed by atoms with Gasteiger partial charge in [0.05, 0.1) is 5.75 Å². The molecular weight excluding hydrogens is 236 g/mol. The van der Waals surface area contributed by atoms with Crippen molar-refractivity contribution < 1.29 is 8.42 Å². The van der Waals surface area contributed by atoms with Gasteiger partial charge in [0.25, 0.3) is 0 Å². The third-order valence-corrected chi connectivity index (χ3v) is 5.55. The maximum Gasteiger partial charge on any atom is 0.213 e. The van der Waals surface area contributed by atoms with Crippen LogP contribution in [0.5, 0.6) is 0 Å². The Bertz CT molecular complexity index is 359. The summed E-state index contributed by atoms with van der Waals surface area (Å²) in [7, 11) is -3.10. The Morgan fingerprint density at radius 3 is 2.59 bits per heavy atom. The van der Waals surface area contributed by atoms with E-state index in [0.717, 1.165) is 25.8 Å². The van der Waals surface area contributed by atoms with Crippen molar-refractivity contribution in [2.24, 2.45) is 11.3 Å². The summed E-state index contributed by atoms with van der Waals surface area (Å²) in [5.41, 5.74) is 0.339. The molecular formula is C12H24N2O2S. The van der Waals surface area contributed by atoms with E-state index in [9.17, 15) is 8.42 Å². The summed E-state index contributed by atoms with van der Waals surface area (Å²) in [6, 6.07) is 0.147. The fourth-order valence-corrected chi connectivity index (χ4v) is 3.93. The zero-order valence-corrected chi connectivity index (χ0v) is 11.6. The van der Waals surface area contributed by atoms with E-state index < -0.39 is 10.0 Å². The van der Waals surface area contributed by atoms with Gasteiger partial charge in [0.2, 0.25) is 10.0 Å². The van der Waals surface area contributed by atoms with Gasteiger partial charge in [0.15, 0.2) is 0 Å². The van der Waals surface area contributed by atoms with Gasteiger partial charge in [-0.1, -0.05) is 20.3 Å². The molecule has 1 aliphatic carbocycles. The molecule has 0 spiro atoms. The van der Waals surface area contributed by atoms with Crippen molar-refractivity contribution in [2.45, 2.75) is 45.6 Å². The molecule has 0 bridgehead atoms. The summed E-state index contributed by atoms with van der Waals surface area (Å²) in [6.45, 7) is 5.95. The Kier molecular flexibility index (Phi) is 3.80. The third kappa shape index (κ3) is 3.93. The molecule has 2 N–H and O–H groups in total. The minimum absolute atomic E-state index is 0.147. The number of hydrogen-bond acceptors (Lipinski definition) is 3. The highest BCUT2D eigenvalue weighted by atomic mass is 32.2. The lowest BCUT2D eigenvalue weighted by molar-refractivity contribution is 0.422. The molecule has 1 aliphatic heterocycles. The lowest BCUT2D eigenvalue weighted by atomic mass is 10.1. The predicted octanol–water partition coefficient (Wildman–Crippen LogP) is 1.09. The van der Waals surface area contributed by atoms with Gasteiger partial charge >= 0.3 is 0 Å². The summed E-state index contributed by atoms with van der Waals surface area (Å²) in [4.78, 5) is 0. The Morgan fingerprint density at radius 2 is 2.06 bits per heavy atom. The molecule has 2 aliphatic rings. The molecule has 0 aromatic carbocycles. The highest BCUT2D eigenvalue weighted by Gasteiger charge is 2.45. The minimum Gasteiger partial charge on any atom is -0.313 e. The summed E-state index contributed by atoms with van der Waals surface area (Å²) in [6.07, 6.45) is 4.43. The van der Waals surface area contributed by atoms with Crippen LogP contribution in [0.4, 0.5) is 0 Å². The molecule has 4 nitrogen and oxygen atoms in total. The van der Waals surface area contributed by atoms with Crippen LogP contribution in [0, 0.1) is 11.3 Å². The first-order valence-corrected chi connectivity index (χ1v) is 8.25. The predicted molar refractivity (Wildman–Crippen MR) is 69.3 cm³/mol. The third-order valence-electron chi connectivity index (χ3n) is 4.10. The van der Waals surface area contributed by atoms with Crippen molar-refractivity contribution in [2.75, 3.05) is 18.8 Å². The standard InChI is InChI=1S/C12H24N2O2S/c1-12(2)7-10(12)8-14-17(15,16)9-11-5-3-4-6-13-11/h10-11,13-14H,3-9H2,1-2H3. The van der Waals surface area contributed by atoms with E-state index in [4.69, 9.17) is 0 Å². The molecule has 0 aromatic rings. The molecule has 17 heavy (non-hydrogen) atoms. The monoisotopic (exact) mass is 260 g/mol. The van der Waals surface area contributed by atoms with Crippen LogP contribution in [-0.2, 0) is 10.0 Å². The Morgan fingerprint density at radius 1 is 1.35 bits per heavy atom. The van der Waals surface area contributed by atoms with E-state index >= 15 is 0 Å². The SMILES string of the molecule is CC1(C)CC1CNS(=O)(=O)CC1CCCCN1. The van der Waals surface area contributed by atoms with Crippen molar-refractivity contribution >= 4 is 10.0 Å². The van der Waals surface area contributed by atoms with Crippen molar-refractivity contribution in [1.82, 2.24) is 10.0 Å². The molecule has 1 heterocycles. The molecule has 1 saturated heterocycles. The number of rotatable bonds is 5. The van der Waals surface area contributed by atoms with E-state index in [0.29, 0.717) is 17.9 Å². The molecule has 2 atom stereocenters. The maximum absolute atomic E-state index is 11.9. The molecule has 1 saturated carbocycles. The number of hydrogen-bond donors (Lipinski definition) is 2. The van der Waals surface area contributed by atoms with Gasteiger partial charge in [-0.2, -0.15) is 0 Å². The topological polar surface area (TPSA) is 58.2 Å². The Balaban J connectivity index is 1.74. The molecule has 2 unspecified atom stereocenters. The molecule has 5 heteroatoms. The zero-order chi connectivity index (χ0) is 12.5. The molecule has 2 rings (SSSR count). The highest BCUT2D eigenvalue weighted by molar-refractivity contribution is 7.89. The summed E-state index contributed by atoms with van der Waals surface area (Å²) >= 11 is 0. The summed E-state index contributed by atoms with van der Waals surface area (Å²) in [5, 5.41) is 3.28. The fourth-order valence-electron chi connectivity index (χ4n) is 2.54. The van der Waals surface area contributed by atoms with Crippen LogP contribution in [0.1, 0.15) is 39.5 Å². The first kappa shape index (κ1) is 13.3. The van der Waals surface area contributed by atoms with Crippen molar-refractivity contribution in [1.29, 1.82) is 0 Å². The van der Waals surface area contributed by atoms with Crippen molar-refractivity contribution in [3.05, 3.63) is 0 Å². The first-order chi connectivity index (χ1) is 7.89. The maximum atomic E-state index is 11.9. The van der Waals surface area contributed by atoms with Gasteiger partial charge < -0.3 is 5.32 Å². The normalized spacial score (nSPS) is 32.4. The van der Waals surface area contributed by atoms with E-state index in [2.05, 4.69) is 23.9 Å². The number of sulfonamides is 1. The average molecular weight is 260 g/mol. The van der Waals surface area contributed by atoms with Gasteiger partial charge in [0.1, 0.15) is 0 Å². The second kappa shape index (κ2) is 4.86. The van der Waals surface area contributed by atoms with Gasteiger partial charge in [-0.25, -0.2) is 13.1 Å². The van der Waals surface area contributed by atoms with Gasteiger partial charge in [-0.05, 0) is 37.1 Å². The number of piperidine rings is 1. The van der Waals surface area contributed by atoms with E-state index in [1.165, 1.54) is 6.42 Å². The first-order valence-electron chi connectivity index (χ1n) is 6.60. The smallest absolute Gasteiger partial charge is 0.213 e. The van der Waals surface area contributed by atoms with Gasteiger partial charge in [-0.3, -0.25) is 0 Å². The Hall–Kier alpha value is -0.130. The molecule has 0 radical (unpaired) electrons. The average Bonchev–Trinajstić information content (AvgIpc) is 2.85. The van der Waals surface area contributed by atoms with Crippen LogP contribution in [0.15, 0.2) is 0 Å². The van der Waals surface area contributed by atoms with E-state index in [1.54, 1.807) is 0 Å². The fraction of sp³-hybridized carbons (Fsp3) is 1.00. The Labute approximate surface area is 105 Å². The van der Waals surface area contributed by atoms with E-state index in [-0.39, 0.29) is 11.8 Å². The van der Waals surface area contributed by atoms with Gasteiger partial charge in [-0.15, -0.1) is 0 Å². The van der Waals surface area contributed by atoms with Crippen LogP contribution in [0.25, 0.3) is 0 Å². The molecule has 2 fully saturated rings. The lowest BCUT2D eigenvalue weighted by Gasteiger charge is -2.23. The quantitative estimate of drug-likeness (QED) is 0.778. The largest absolute Gasteiger partial charge is 0.313 e. The van der Waals surface area contributed by atoms with Gasteiger partial charge in [0, 0.05) is 12.6 Å². The molecule has 0 aromatic heterocycles. The highest BCUT2D eigenvalue weighted by Crippen LogP contribution is 2.51. The van der Waals surface area contributed by atoms with Crippen molar-refractivity contribution in [3.8, 4) is 0 Å². The summed E-state index contributed by atoms with van der Waals surface area (Å²) in [5.74, 6) is 0.761.